The zero-order chi connectivity index (χ0) is 9.31. The van der Waals surface area contributed by atoms with Crippen LogP contribution < -0.4 is 11.1 Å². The second-order valence-corrected chi connectivity index (χ2v) is 4.04. The van der Waals surface area contributed by atoms with E-state index in [9.17, 15) is 4.79 Å². The molecule has 0 aromatic heterocycles. The van der Waals surface area contributed by atoms with E-state index in [2.05, 4.69) is 5.32 Å². The molecule has 0 radical (unpaired) electrons. The summed E-state index contributed by atoms with van der Waals surface area (Å²) >= 11 is 0. The summed E-state index contributed by atoms with van der Waals surface area (Å²) in [6, 6.07) is 0.183. The average Bonchev–Trinajstić information content (AvgIpc) is 2.87. The Morgan fingerprint density at radius 2 is 2.31 bits per heavy atom. The minimum absolute atomic E-state index is 0.00278. The Balaban J connectivity index is 1.79. The standard InChI is InChI=1S/C9H16N2O2/c10-9(3-4-9)8(12)11-7-2-1-5-13-6-7/h7H,1-6,10H2,(H,11,12). The number of nitrogens with two attached hydrogens (primary N) is 1. The van der Waals surface area contributed by atoms with E-state index >= 15 is 0 Å². The maximum atomic E-state index is 11.5. The van der Waals surface area contributed by atoms with Crippen LogP contribution in [0.25, 0.3) is 0 Å². The number of ether oxygens (including phenoxy) is 1. The Morgan fingerprint density at radius 3 is 2.85 bits per heavy atom. The molecule has 0 aromatic rings. The zero-order valence-electron chi connectivity index (χ0n) is 7.71. The Hall–Kier alpha value is -0.610. The van der Waals surface area contributed by atoms with E-state index in [1.54, 1.807) is 0 Å². The van der Waals surface area contributed by atoms with Crippen LogP contribution in [0.2, 0.25) is 0 Å². The van der Waals surface area contributed by atoms with E-state index in [1.165, 1.54) is 0 Å². The van der Waals surface area contributed by atoms with Gasteiger partial charge in [0.25, 0.3) is 0 Å². The third-order valence-electron chi connectivity index (χ3n) is 2.74. The molecule has 4 heteroatoms. The van der Waals surface area contributed by atoms with Crippen LogP contribution in [0.15, 0.2) is 0 Å². The van der Waals surface area contributed by atoms with Crippen LogP contribution in [0.1, 0.15) is 25.7 Å². The smallest absolute Gasteiger partial charge is 0.240 e. The van der Waals surface area contributed by atoms with Crippen molar-refractivity contribution in [3.8, 4) is 0 Å². The van der Waals surface area contributed by atoms with Crippen LogP contribution in [0.5, 0.6) is 0 Å². The van der Waals surface area contributed by atoms with Crippen LogP contribution in [-0.4, -0.2) is 30.7 Å². The third-order valence-corrected chi connectivity index (χ3v) is 2.74. The fraction of sp³-hybridized carbons (Fsp3) is 0.889. The highest BCUT2D eigenvalue weighted by Gasteiger charge is 2.46. The predicted octanol–water partition coefficient (Wildman–Crippen LogP) is -0.227. The lowest BCUT2D eigenvalue weighted by Crippen LogP contribution is -2.49. The molecule has 3 N–H and O–H groups in total. The summed E-state index contributed by atoms with van der Waals surface area (Å²) in [6.07, 6.45) is 3.70. The molecule has 1 atom stereocenters. The van der Waals surface area contributed by atoms with Crippen LogP contribution in [0.3, 0.4) is 0 Å². The Morgan fingerprint density at radius 1 is 1.54 bits per heavy atom. The molecule has 1 heterocycles. The highest BCUT2D eigenvalue weighted by atomic mass is 16.5. The summed E-state index contributed by atoms with van der Waals surface area (Å²) in [7, 11) is 0. The highest BCUT2D eigenvalue weighted by Crippen LogP contribution is 2.32. The number of hydrogen-bond donors (Lipinski definition) is 2. The van der Waals surface area contributed by atoms with Gasteiger partial charge in [0, 0.05) is 6.61 Å². The molecule has 1 saturated heterocycles. The van der Waals surface area contributed by atoms with Gasteiger partial charge >= 0.3 is 0 Å². The summed E-state index contributed by atoms with van der Waals surface area (Å²) in [6.45, 7) is 1.46. The average molecular weight is 184 g/mol. The second-order valence-electron chi connectivity index (χ2n) is 4.04. The van der Waals surface area contributed by atoms with Crippen molar-refractivity contribution in [2.75, 3.05) is 13.2 Å². The van der Waals surface area contributed by atoms with Gasteiger partial charge in [-0.1, -0.05) is 0 Å². The first kappa shape index (κ1) is 8.97. The van der Waals surface area contributed by atoms with E-state index in [-0.39, 0.29) is 11.9 Å². The van der Waals surface area contributed by atoms with Crippen LogP contribution in [0, 0.1) is 0 Å². The number of amides is 1. The first-order valence-corrected chi connectivity index (χ1v) is 4.88. The molecule has 1 amide bonds. The molecule has 2 aliphatic rings. The number of carbonyl (C=O) groups is 1. The molecule has 0 spiro atoms. The van der Waals surface area contributed by atoms with Gasteiger partial charge in [0.2, 0.25) is 5.91 Å². The van der Waals surface area contributed by atoms with Gasteiger partial charge in [-0.25, -0.2) is 0 Å². The van der Waals surface area contributed by atoms with E-state index < -0.39 is 5.54 Å². The molecule has 4 nitrogen and oxygen atoms in total. The summed E-state index contributed by atoms with van der Waals surface area (Å²) in [5.41, 5.74) is 5.21. The van der Waals surface area contributed by atoms with Gasteiger partial charge in [-0.15, -0.1) is 0 Å². The maximum absolute atomic E-state index is 11.5. The Kier molecular flexibility index (Phi) is 2.26. The summed E-state index contributed by atoms with van der Waals surface area (Å²) in [5, 5.41) is 2.93. The van der Waals surface area contributed by atoms with Crippen molar-refractivity contribution >= 4 is 5.91 Å². The van der Waals surface area contributed by atoms with Crippen molar-refractivity contribution in [1.29, 1.82) is 0 Å². The van der Waals surface area contributed by atoms with Crippen LogP contribution in [0.4, 0.5) is 0 Å². The lowest BCUT2D eigenvalue weighted by atomic mass is 10.1. The van der Waals surface area contributed by atoms with E-state index in [4.69, 9.17) is 10.5 Å². The van der Waals surface area contributed by atoms with Gasteiger partial charge in [0.1, 0.15) is 0 Å². The fourth-order valence-electron chi connectivity index (χ4n) is 1.55. The van der Waals surface area contributed by atoms with Crippen molar-refractivity contribution in [3.05, 3.63) is 0 Å². The molecule has 0 aromatic carbocycles. The van der Waals surface area contributed by atoms with E-state index in [0.717, 1.165) is 32.3 Å². The zero-order valence-corrected chi connectivity index (χ0v) is 7.71. The lowest BCUT2D eigenvalue weighted by molar-refractivity contribution is -0.124. The van der Waals surface area contributed by atoms with Crippen LogP contribution >= 0.6 is 0 Å². The summed E-state index contributed by atoms with van der Waals surface area (Å²) < 4.78 is 5.26. The van der Waals surface area contributed by atoms with Gasteiger partial charge in [0.05, 0.1) is 18.2 Å². The van der Waals surface area contributed by atoms with Gasteiger partial charge in [0.15, 0.2) is 0 Å². The quantitative estimate of drug-likeness (QED) is 0.623. The topological polar surface area (TPSA) is 64.4 Å². The summed E-state index contributed by atoms with van der Waals surface area (Å²) in [5.74, 6) is 0.00278. The normalized spacial score (nSPS) is 31.0. The van der Waals surface area contributed by atoms with E-state index in [0.29, 0.717) is 6.61 Å². The third kappa shape index (κ3) is 2.00. The molecule has 1 aliphatic carbocycles. The first-order valence-electron chi connectivity index (χ1n) is 4.88. The second kappa shape index (κ2) is 3.27. The fourth-order valence-corrected chi connectivity index (χ4v) is 1.55. The van der Waals surface area contributed by atoms with E-state index in [1.807, 2.05) is 0 Å². The monoisotopic (exact) mass is 184 g/mol. The molecule has 1 saturated carbocycles. The number of nitrogens with one attached hydrogen (secondary N) is 1. The van der Waals surface area contributed by atoms with Gasteiger partial charge in [-0.2, -0.15) is 0 Å². The predicted molar refractivity (Wildman–Crippen MR) is 48.1 cm³/mol. The highest BCUT2D eigenvalue weighted by molar-refractivity contribution is 5.89. The molecule has 1 unspecified atom stereocenters. The first-order chi connectivity index (χ1) is 6.21. The number of hydrogen-bond acceptors (Lipinski definition) is 3. The SMILES string of the molecule is NC1(C(=O)NC2CCCOC2)CC1. The molecule has 0 bridgehead atoms. The summed E-state index contributed by atoms with van der Waals surface area (Å²) in [4.78, 5) is 11.5. The van der Waals surface area contributed by atoms with Gasteiger partial charge < -0.3 is 15.8 Å². The van der Waals surface area contributed by atoms with Crippen molar-refractivity contribution in [3.63, 3.8) is 0 Å². The van der Waals surface area contributed by atoms with Gasteiger partial charge in [-0.3, -0.25) is 4.79 Å². The van der Waals surface area contributed by atoms with Crippen molar-refractivity contribution < 1.29 is 9.53 Å². The molecule has 2 rings (SSSR count). The Labute approximate surface area is 77.8 Å². The maximum Gasteiger partial charge on any atom is 0.240 e. The largest absolute Gasteiger partial charge is 0.379 e. The molecular weight excluding hydrogens is 168 g/mol. The molecule has 2 fully saturated rings. The van der Waals surface area contributed by atoms with Crippen LogP contribution in [-0.2, 0) is 9.53 Å². The minimum atomic E-state index is -0.544. The van der Waals surface area contributed by atoms with Crippen molar-refractivity contribution in [1.82, 2.24) is 5.32 Å². The lowest BCUT2D eigenvalue weighted by Gasteiger charge is -2.24. The van der Waals surface area contributed by atoms with Crippen molar-refractivity contribution in [2.24, 2.45) is 5.73 Å². The van der Waals surface area contributed by atoms with Gasteiger partial charge in [-0.05, 0) is 25.7 Å². The molecule has 13 heavy (non-hydrogen) atoms. The molecular formula is C9H16N2O2. The number of carbonyl (C=O) groups excluding carboxylic acids is 1. The molecule has 1 aliphatic heterocycles. The Bertz CT molecular complexity index is 208. The molecule has 74 valence electrons. The minimum Gasteiger partial charge on any atom is -0.379 e. The van der Waals surface area contributed by atoms with Crippen molar-refractivity contribution in [2.45, 2.75) is 37.3 Å². The number of rotatable bonds is 2.